The minimum atomic E-state index is -1.01. The van der Waals surface area contributed by atoms with Gasteiger partial charge < -0.3 is 15.3 Å². The first-order chi connectivity index (χ1) is 16.4. The number of rotatable bonds is 8. The fourth-order valence-corrected chi connectivity index (χ4v) is 4.43. The number of pyridine rings is 1. The third kappa shape index (κ3) is 5.85. The van der Waals surface area contributed by atoms with Gasteiger partial charge in [-0.25, -0.2) is 9.78 Å². The zero-order valence-corrected chi connectivity index (χ0v) is 20.0. The Kier molecular flexibility index (Phi) is 7.65. The number of anilines is 2. The summed E-state index contributed by atoms with van der Waals surface area (Å²) in [5.41, 5.74) is 2.55. The minimum absolute atomic E-state index is 0.0710. The van der Waals surface area contributed by atoms with Crippen LogP contribution in [0.4, 0.5) is 11.5 Å². The van der Waals surface area contributed by atoms with Gasteiger partial charge in [0, 0.05) is 55.2 Å². The van der Waals surface area contributed by atoms with Gasteiger partial charge in [-0.1, -0.05) is 37.1 Å². The van der Waals surface area contributed by atoms with Crippen LogP contribution in [0, 0.1) is 0 Å². The van der Waals surface area contributed by atoms with Crippen LogP contribution >= 0.6 is 11.6 Å². The molecule has 0 atom stereocenters. The van der Waals surface area contributed by atoms with Crippen LogP contribution in [0.2, 0.25) is 5.02 Å². The molecule has 1 saturated heterocycles. The number of nitrogens with one attached hydrogen (secondary N) is 1. The number of halogens is 1. The van der Waals surface area contributed by atoms with E-state index >= 15 is 0 Å². The average Bonchev–Trinajstić information content (AvgIpc) is 2.82. The van der Waals surface area contributed by atoms with E-state index in [-0.39, 0.29) is 11.5 Å². The number of carbonyl (C=O) groups excluding carboxylic acids is 1. The van der Waals surface area contributed by atoms with E-state index in [1.807, 2.05) is 25.1 Å². The number of carbonyl (C=O) groups is 2. The summed E-state index contributed by atoms with van der Waals surface area (Å²) in [7, 11) is 0. The number of carboxylic acid groups (broad SMARTS) is 1. The molecule has 7 nitrogen and oxygen atoms in total. The zero-order valence-electron chi connectivity index (χ0n) is 19.3. The van der Waals surface area contributed by atoms with Gasteiger partial charge in [0.25, 0.3) is 0 Å². The number of benzene rings is 2. The Labute approximate surface area is 204 Å². The topological polar surface area (TPSA) is 85.8 Å². The smallest absolute Gasteiger partial charge is 0.336 e. The van der Waals surface area contributed by atoms with Gasteiger partial charge in [0.1, 0.15) is 5.82 Å². The number of nitrogens with zero attached hydrogens (tertiary/aromatic N) is 3. The summed E-state index contributed by atoms with van der Waals surface area (Å²) >= 11 is 6.10. The Balaban J connectivity index is 1.49. The molecule has 2 N–H and O–H groups in total. The Morgan fingerprint density at radius 3 is 2.59 bits per heavy atom. The van der Waals surface area contributed by atoms with Crippen molar-refractivity contribution in [2.75, 3.05) is 36.4 Å². The first-order valence-electron chi connectivity index (χ1n) is 11.6. The van der Waals surface area contributed by atoms with E-state index in [1.165, 1.54) is 5.56 Å². The van der Waals surface area contributed by atoms with Crippen LogP contribution in [-0.4, -0.2) is 53.0 Å². The number of fused-ring (bicyclic) bond motifs is 1. The van der Waals surface area contributed by atoms with Gasteiger partial charge in [0.05, 0.1) is 11.1 Å². The Bertz CT molecular complexity index is 1190. The second-order valence-corrected chi connectivity index (χ2v) is 9.05. The molecule has 2 heterocycles. The summed E-state index contributed by atoms with van der Waals surface area (Å²) in [5, 5.41) is 14.0. The summed E-state index contributed by atoms with van der Waals surface area (Å²) in [6.45, 7) is 6.06. The standard InChI is InChI=1S/C26H29ClN4O3/c1-2-3-7-25(32)28-20-8-9-23-21(15-20)22(26(33)34)16-24(29-23)31-12-10-30(11-13-31)17-18-5-4-6-19(27)14-18/h4-6,8-9,14-16H,2-3,7,10-13,17H2,1H3,(H,28,32)(H,33,34). The summed E-state index contributed by atoms with van der Waals surface area (Å²) in [5.74, 6) is -0.423. The molecule has 34 heavy (non-hydrogen) atoms. The Morgan fingerprint density at radius 2 is 1.88 bits per heavy atom. The summed E-state index contributed by atoms with van der Waals surface area (Å²) in [6.07, 6.45) is 2.20. The van der Waals surface area contributed by atoms with Crippen LogP contribution in [0.25, 0.3) is 10.9 Å². The van der Waals surface area contributed by atoms with Gasteiger partial charge in [0.2, 0.25) is 5.91 Å². The van der Waals surface area contributed by atoms with E-state index in [4.69, 9.17) is 16.6 Å². The van der Waals surface area contributed by atoms with Crippen LogP contribution < -0.4 is 10.2 Å². The Morgan fingerprint density at radius 1 is 1.09 bits per heavy atom. The van der Waals surface area contributed by atoms with Gasteiger partial charge in [-0.05, 0) is 48.4 Å². The van der Waals surface area contributed by atoms with Gasteiger partial charge >= 0.3 is 5.97 Å². The van der Waals surface area contributed by atoms with E-state index in [1.54, 1.807) is 24.3 Å². The van der Waals surface area contributed by atoms with Crippen molar-refractivity contribution in [2.45, 2.75) is 32.7 Å². The molecule has 1 amide bonds. The largest absolute Gasteiger partial charge is 0.478 e. The molecular weight excluding hydrogens is 452 g/mol. The van der Waals surface area contributed by atoms with E-state index in [2.05, 4.69) is 21.2 Å². The molecular formula is C26H29ClN4O3. The molecule has 0 bridgehead atoms. The number of piperazine rings is 1. The van der Waals surface area contributed by atoms with Crippen molar-refractivity contribution >= 4 is 45.9 Å². The maximum absolute atomic E-state index is 12.1. The van der Waals surface area contributed by atoms with E-state index in [9.17, 15) is 14.7 Å². The number of hydrogen-bond donors (Lipinski definition) is 2. The summed E-state index contributed by atoms with van der Waals surface area (Å²) < 4.78 is 0. The molecule has 8 heteroatoms. The lowest BCUT2D eigenvalue weighted by molar-refractivity contribution is -0.116. The molecule has 2 aromatic carbocycles. The molecule has 3 aromatic rings. The predicted octanol–water partition coefficient (Wildman–Crippen LogP) is 5.04. The molecule has 0 saturated carbocycles. The molecule has 178 valence electrons. The van der Waals surface area contributed by atoms with Gasteiger partial charge in [0.15, 0.2) is 0 Å². The monoisotopic (exact) mass is 480 g/mol. The van der Waals surface area contributed by atoms with E-state index in [0.717, 1.165) is 50.6 Å². The molecule has 0 unspecified atom stereocenters. The number of aromatic nitrogens is 1. The highest BCUT2D eigenvalue weighted by atomic mass is 35.5. The van der Waals surface area contributed by atoms with Crippen LogP contribution in [0.3, 0.4) is 0 Å². The fraction of sp³-hybridized carbons (Fsp3) is 0.346. The van der Waals surface area contributed by atoms with Crippen molar-refractivity contribution < 1.29 is 14.7 Å². The molecule has 1 aliphatic rings. The molecule has 1 aromatic heterocycles. The predicted molar refractivity (Wildman–Crippen MR) is 136 cm³/mol. The molecule has 4 rings (SSSR count). The van der Waals surface area contributed by atoms with Gasteiger partial charge in [-0.3, -0.25) is 9.69 Å². The average molecular weight is 481 g/mol. The maximum atomic E-state index is 12.1. The molecule has 0 aliphatic carbocycles. The second-order valence-electron chi connectivity index (χ2n) is 8.61. The number of carboxylic acids is 1. The fourth-order valence-electron chi connectivity index (χ4n) is 4.22. The van der Waals surface area contributed by atoms with Gasteiger partial charge in [-0.15, -0.1) is 0 Å². The van der Waals surface area contributed by atoms with Crippen molar-refractivity contribution in [3.63, 3.8) is 0 Å². The zero-order chi connectivity index (χ0) is 24.1. The highest BCUT2D eigenvalue weighted by molar-refractivity contribution is 6.30. The van der Waals surface area contributed by atoms with E-state index in [0.29, 0.717) is 28.8 Å². The SMILES string of the molecule is CCCCC(=O)Nc1ccc2nc(N3CCN(Cc4cccc(Cl)c4)CC3)cc(C(=O)O)c2c1. The minimum Gasteiger partial charge on any atom is -0.478 e. The van der Waals surface area contributed by atoms with Gasteiger partial charge in [-0.2, -0.15) is 0 Å². The molecule has 1 fully saturated rings. The van der Waals surface area contributed by atoms with E-state index < -0.39 is 5.97 Å². The van der Waals surface area contributed by atoms with Crippen molar-refractivity contribution in [3.8, 4) is 0 Å². The Hall–Kier alpha value is -3.16. The number of amides is 1. The molecule has 0 radical (unpaired) electrons. The van der Waals surface area contributed by atoms with Crippen molar-refractivity contribution in [3.05, 3.63) is 64.7 Å². The van der Waals surface area contributed by atoms with Crippen LogP contribution in [0.5, 0.6) is 0 Å². The third-order valence-corrected chi connectivity index (χ3v) is 6.29. The maximum Gasteiger partial charge on any atom is 0.336 e. The number of unbranched alkanes of at least 4 members (excludes halogenated alkanes) is 1. The lowest BCUT2D eigenvalue weighted by Crippen LogP contribution is -2.46. The summed E-state index contributed by atoms with van der Waals surface area (Å²) in [6, 6.07) is 14.8. The summed E-state index contributed by atoms with van der Waals surface area (Å²) in [4.78, 5) is 33.4. The molecule has 1 aliphatic heterocycles. The quantitative estimate of drug-likeness (QED) is 0.470. The second kappa shape index (κ2) is 10.8. The normalized spacial score (nSPS) is 14.4. The van der Waals surface area contributed by atoms with Crippen LogP contribution in [0.15, 0.2) is 48.5 Å². The first-order valence-corrected chi connectivity index (χ1v) is 12.0. The lowest BCUT2D eigenvalue weighted by atomic mass is 10.1. The van der Waals surface area contributed by atoms with Crippen LogP contribution in [-0.2, 0) is 11.3 Å². The lowest BCUT2D eigenvalue weighted by Gasteiger charge is -2.35. The number of hydrogen-bond acceptors (Lipinski definition) is 5. The van der Waals surface area contributed by atoms with Crippen molar-refractivity contribution in [2.24, 2.45) is 0 Å². The number of aromatic carboxylic acids is 1. The van der Waals surface area contributed by atoms with Crippen LogP contribution in [0.1, 0.15) is 42.1 Å². The van der Waals surface area contributed by atoms with Crippen molar-refractivity contribution in [1.29, 1.82) is 0 Å². The van der Waals surface area contributed by atoms with Crippen molar-refractivity contribution in [1.82, 2.24) is 9.88 Å². The molecule has 0 spiro atoms. The third-order valence-electron chi connectivity index (χ3n) is 6.06. The highest BCUT2D eigenvalue weighted by Gasteiger charge is 2.21. The highest BCUT2D eigenvalue weighted by Crippen LogP contribution is 2.27. The first kappa shape index (κ1) is 24.0.